The van der Waals surface area contributed by atoms with Crippen LogP contribution in [0, 0.1) is 5.92 Å². The van der Waals surface area contributed by atoms with Crippen molar-refractivity contribution in [3.8, 4) is 0 Å². The Balaban J connectivity index is 1.82. The zero-order valence-electron chi connectivity index (χ0n) is 11.1. The van der Waals surface area contributed by atoms with Crippen LogP contribution in [-0.4, -0.2) is 34.0 Å². The minimum absolute atomic E-state index is 0.107. The molecule has 1 aliphatic rings. The summed E-state index contributed by atoms with van der Waals surface area (Å²) in [6.45, 7) is 9.12. The number of thiazole rings is 1. The summed E-state index contributed by atoms with van der Waals surface area (Å²) in [7, 11) is 0. The molecule has 0 saturated carbocycles. The van der Waals surface area contributed by atoms with Crippen LogP contribution in [0.15, 0.2) is 5.38 Å². The lowest BCUT2D eigenvalue weighted by Crippen LogP contribution is -2.46. The molecule has 1 fully saturated rings. The van der Waals surface area contributed by atoms with Gasteiger partial charge >= 0.3 is 5.97 Å². The number of likely N-dealkylation sites (tertiary alicyclic amines) is 1. The minimum Gasteiger partial charge on any atom is -0.481 e. The highest BCUT2D eigenvalue weighted by atomic mass is 32.1. The van der Waals surface area contributed by atoms with Crippen LogP contribution in [0.25, 0.3) is 0 Å². The summed E-state index contributed by atoms with van der Waals surface area (Å²) < 4.78 is 0. The third-order valence-electron chi connectivity index (χ3n) is 3.18. The number of aliphatic carboxylic acids is 1. The zero-order valence-corrected chi connectivity index (χ0v) is 12.0. The maximum absolute atomic E-state index is 10.6. The quantitative estimate of drug-likeness (QED) is 0.910. The Bertz CT molecular complexity index is 430. The van der Waals surface area contributed by atoms with E-state index in [2.05, 4.69) is 36.0 Å². The first kappa shape index (κ1) is 13.5. The normalized spacial score (nSPS) is 17.7. The SMILES string of the molecule is CC(C)(C)c1csc(CN2CC(CC(=O)O)C2)n1. The van der Waals surface area contributed by atoms with Crippen molar-refractivity contribution in [2.75, 3.05) is 13.1 Å². The van der Waals surface area contributed by atoms with Crippen molar-refractivity contribution in [2.24, 2.45) is 5.92 Å². The predicted octanol–water partition coefficient (Wildman–Crippen LogP) is 2.35. The fourth-order valence-corrected chi connectivity index (χ4v) is 3.16. The number of carboxylic acids is 1. The van der Waals surface area contributed by atoms with E-state index in [4.69, 9.17) is 5.11 Å². The van der Waals surface area contributed by atoms with Crippen LogP contribution in [0.5, 0.6) is 0 Å². The molecule has 1 aromatic rings. The first-order valence-electron chi connectivity index (χ1n) is 6.23. The maximum Gasteiger partial charge on any atom is 0.303 e. The number of nitrogens with zero attached hydrogens (tertiary/aromatic N) is 2. The largest absolute Gasteiger partial charge is 0.481 e. The van der Waals surface area contributed by atoms with Gasteiger partial charge in [-0.25, -0.2) is 4.98 Å². The molecule has 2 heterocycles. The summed E-state index contributed by atoms with van der Waals surface area (Å²) in [5, 5.41) is 12.0. The zero-order chi connectivity index (χ0) is 13.3. The Labute approximate surface area is 112 Å². The van der Waals surface area contributed by atoms with E-state index in [1.54, 1.807) is 11.3 Å². The summed E-state index contributed by atoms with van der Waals surface area (Å²) >= 11 is 1.70. The molecule has 0 atom stereocenters. The van der Waals surface area contributed by atoms with E-state index < -0.39 is 5.97 Å². The number of carbonyl (C=O) groups is 1. The van der Waals surface area contributed by atoms with Gasteiger partial charge in [0, 0.05) is 23.9 Å². The average Bonchev–Trinajstić information content (AvgIpc) is 2.61. The summed E-state index contributed by atoms with van der Waals surface area (Å²) in [6, 6.07) is 0. The van der Waals surface area contributed by atoms with Gasteiger partial charge in [0.05, 0.1) is 18.7 Å². The van der Waals surface area contributed by atoms with Crippen LogP contribution >= 0.6 is 11.3 Å². The van der Waals surface area contributed by atoms with E-state index in [0.29, 0.717) is 12.3 Å². The Kier molecular flexibility index (Phi) is 3.73. The molecular formula is C13H20N2O2S. The second kappa shape index (κ2) is 4.97. The van der Waals surface area contributed by atoms with Crippen LogP contribution < -0.4 is 0 Å². The van der Waals surface area contributed by atoms with Crippen molar-refractivity contribution in [1.82, 2.24) is 9.88 Å². The summed E-state index contributed by atoms with van der Waals surface area (Å²) in [6.07, 6.45) is 0.293. The molecule has 0 radical (unpaired) electrons. The van der Waals surface area contributed by atoms with Gasteiger partial charge in [-0.3, -0.25) is 9.69 Å². The molecule has 18 heavy (non-hydrogen) atoms. The van der Waals surface area contributed by atoms with Gasteiger partial charge in [0.1, 0.15) is 5.01 Å². The van der Waals surface area contributed by atoms with E-state index in [1.807, 2.05) is 0 Å². The molecule has 2 rings (SSSR count). The summed E-state index contributed by atoms with van der Waals surface area (Å²) in [4.78, 5) is 17.5. The van der Waals surface area contributed by atoms with Crippen molar-refractivity contribution in [3.63, 3.8) is 0 Å². The maximum atomic E-state index is 10.6. The molecule has 1 aromatic heterocycles. The highest BCUT2D eigenvalue weighted by Crippen LogP contribution is 2.26. The molecule has 0 unspecified atom stereocenters. The van der Waals surface area contributed by atoms with Crippen LogP contribution in [-0.2, 0) is 16.8 Å². The molecule has 0 amide bonds. The van der Waals surface area contributed by atoms with Crippen molar-refractivity contribution in [1.29, 1.82) is 0 Å². The lowest BCUT2D eigenvalue weighted by Gasteiger charge is -2.37. The first-order chi connectivity index (χ1) is 8.34. The molecule has 4 nitrogen and oxygen atoms in total. The van der Waals surface area contributed by atoms with Crippen LogP contribution in [0.1, 0.15) is 37.9 Å². The van der Waals surface area contributed by atoms with Crippen molar-refractivity contribution >= 4 is 17.3 Å². The molecule has 1 saturated heterocycles. The number of carboxylic acid groups (broad SMARTS) is 1. The second-order valence-electron chi connectivity index (χ2n) is 6.03. The molecule has 100 valence electrons. The number of hydrogen-bond donors (Lipinski definition) is 1. The molecular weight excluding hydrogens is 248 g/mol. The van der Waals surface area contributed by atoms with E-state index >= 15 is 0 Å². The van der Waals surface area contributed by atoms with Gasteiger partial charge in [0.15, 0.2) is 0 Å². The third-order valence-corrected chi connectivity index (χ3v) is 4.01. The minimum atomic E-state index is -0.691. The monoisotopic (exact) mass is 268 g/mol. The smallest absolute Gasteiger partial charge is 0.303 e. The Hall–Kier alpha value is -0.940. The van der Waals surface area contributed by atoms with Gasteiger partial charge < -0.3 is 5.11 Å². The van der Waals surface area contributed by atoms with Crippen molar-refractivity contribution in [3.05, 3.63) is 16.1 Å². The van der Waals surface area contributed by atoms with E-state index in [0.717, 1.165) is 30.3 Å². The Morgan fingerprint density at radius 3 is 2.72 bits per heavy atom. The summed E-state index contributed by atoms with van der Waals surface area (Å²) in [5.41, 5.74) is 1.25. The van der Waals surface area contributed by atoms with Gasteiger partial charge in [-0.2, -0.15) is 0 Å². The Morgan fingerprint density at radius 1 is 1.56 bits per heavy atom. The number of hydrogen-bond acceptors (Lipinski definition) is 4. The second-order valence-corrected chi connectivity index (χ2v) is 6.98. The van der Waals surface area contributed by atoms with E-state index in [1.165, 1.54) is 0 Å². The molecule has 1 aliphatic heterocycles. The van der Waals surface area contributed by atoms with Gasteiger partial charge in [-0.15, -0.1) is 11.3 Å². The first-order valence-corrected chi connectivity index (χ1v) is 7.11. The predicted molar refractivity (Wildman–Crippen MR) is 71.8 cm³/mol. The standard InChI is InChI=1S/C13H20N2O2S/c1-13(2,3)10-8-18-11(14-10)7-15-5-9(6-15)4-12(16)17/h8-9H,4-7H2,1-3H3,(H,16,17). The lowest BCUT2D eigenvalue weighted by molar-refractivity contribution is -0.139. The topological polar surface area (TPSA) is 53.4 Å². The fraction of sp³-hybridized carbons (Fsp3) is 0.692. The van der Waals surface area contributed by atoms with Crippen LogP contribution in [0.3, 0.4) is 0 Å². The Morgan fingerprint density at radius 2 is 2.22 bits per heavy atom. The third kappa shape index (κ3) is 3.29. The summed E-state index contributed by atoms with van der Waals surface area (Å²) in [5.74, 6) is -0.367. The highest BCUT2D eigenvalue weighted by molar-refractivity contribution is 7.09. The highest BCUT2D eigenvalue weighted by Gasteiger charge is 2.29. The van der Waals surface area contributed by atoms with Crippen molar-refractivity contribution < 1.29 is 9.90 Å². The number of aromatic nitrogens is 1. The lowest BCUT2D eigenvalue weighted by atomic mass is 9.93. The molecule has 0 aromatic carbocycles. The molecule has 0 aliphatic carbocycles. The average molecular weight is 268 g/mol. The number of rotatable bonds is 4. The van der Waals surface area contributed by atoms with Gasteiger partial charge in [0.25, 0.3) is 0 Å². The van der Waals surface area contributed by atoms with Gasteiger partial charge in [-0.05, 0) is 5.92 Å². The van der Waals surface area contributed by atoms with E-state index in [9.17, 15) is 4.79 Å². The molecule has 0 spiro atoms. The molecule has 5 heteroatoms. The fourth-order valence-electron chi connectivity index (χ4n) is 2.10. The van der Waals surface area contributed by atoms with Gasteiger partial charge in [0.2, 0.25) is 0 Å². The van der Waals surface area contributed by atoms with Crippen molar-refractivity contribution in [2.45, 2.75) is 39.2 Å². The molecule has 0 bridgehead atoms. The van der Waals surface area contributed by atoms with E-state index in [-0.39, 0.29) is 5.41 Å². The van der Waals surface area contributed by atoms with Crippen LogP contribution in [0.4, 0.5) is 0 Å². The van der Waals surface area contributed by atoms with Gasteiger partial charge in [-0.1, -0.05) is 20.8 Å². The van der Waals surface area contributed by atoms with Crippen LogP contribution in [0.2, 0.25) is 0 Å². The molecule has 1 N–H and O–H groups in total.